The zero-order valence-corrected chi connectivity index (χ0v) is 15.2. The Morgan fingerprint density at radius 1 is 0.385 bits per heavy atom. The highest BCUT2D eigenvalue weighted by atomic mass is 32.1. The highest BCUT2D eigenvalue weighted by Gasteiger charge is 2.37. The lowest BCUT2D eigenvalue weighted by Crippen LogP contribution is -2.30. The summed E-state index contributed by atoms with van der Waals surface area (Å²) in [5.74, 6) is 0. The molecule has 0 aliphatic carbocycles. The van der Waals surface area contributed by atoms with Crippen molar-refractivity contribution in [3.8, 4) is 0 Å². The fourth-order valence-corrected chi connectivity index (χ4v) is 3.91. The molecule has 0 N–H and O–H groups in total. The van der Waals surface area contributed by atoms with Crippen molar-refractivity contribution in [3.63, 3.8) is 0 Å². The molecule has 1 heteroatoms. The molecule has 0 spiro atoms. The van der Waals surface area contributed by atoms with Gasteiger partial charge in [0, 0.05) is 0 Å². The molecule has 0 bridgehead atoms. The van der Waals surface area contributed by atoms with Gasteiger partial charge in [-0.05, 0) is 22.3 Å². The smallest absolute Gasteiger partial charge is 0.0701 e. The van der Waals surface area contributed by atoms with E-state index in [9.17, 15) is 0 Å². The molecule has 0 saturated carbocycles. The fraction of sp³-hybridized carbons (Fsp3) is 0.0400. The minimum atomic E-state index is -0.382. The SMILES string of the molecule is [S-]c1ccc(C(c2ccccc2)(c2ccccc2)c2ccccc2)cc1. The topological polar surface area (TPSA) is 0 Å². The predicted molar refractivity (Wildman–Crippen MR) is 110 cm³/mol. The van der Waals surface area contributed by atoms with Gasteiger partial charge in [0.05, 0.1) is 5.41 Å². The zero-order chi connectivity index (χ0) is 17.8. The molecule has 0 heterocycles. The molecule has 0 aliphatic heterocycles. The summed E-state index contributed by atoms with van der Waals surface area (Å²) < 4.78 is 0. The fourth-order valence-electron chi connectivity index (χ4n) is 3.77. The standard InChI is InChI=1S/C25H20S/c26-24-18-16-23(17-19-24)25(20-10-4-1-5-11-20,21-12-6-2-7-13-21)22-14-8-3-9-15-22/h1-19,26H/p-1. The molecule has 0 saturated heterocycles. The average Bonchev–Trinajstić information content (AvgIpc) is 2.72. The molecular weight excluding hydrogens is 332 g/mol. The second-order valence-electron chi connectivity index (χ2n) is 6.37. The molecule has 0 unspecified atom stereocenters. The summed E-state index contributed by atoms with van der Waals surface area (Å²) >= 11 is 5.34. The van der Waals surface area contributed by atoms with E-state index in [4.69, 9.17) is 12.6 Å². The molecule has 4 rings (SSSR count). The van der Waals surface area contributed by atoms with Crippen molar-refractivity contribution < 1.29 is 0 Å². The molecule has 0 radical (unpaired) electrons. The van der Waals surface area contributed by atoms with Crippen LogP contribution in [0.4, 0.5) is 0 Å². The second kappa shape index (κ2) is 7.15. The minimum Gasteiger partial charge on any atom is -0.780 e. The summed E-state index contributed by atoms with van der Waals surface area (Å²) in [5.41, 5.74) is 4.57. The lowest BCUT2D eigenvalue weighted by atomic mass is 9.65. The number of benzene rings is 4. The van der Waals surface area contributed by atoms with Crippen molar-refractivity contribution in [2.75, 3.05) is 0 Å². The normalized spacial score (nSPS) is 11.2. The van der Waals surface area contributed by atoms with Gasteiger partial charge in [-0.2, -0.15) is 4.90 Å². The van der Waals surface area contributed by atoms with Gasteiger partial charge in [0.25, 0.3) is 0 Å². The Hall–Kier alpha value is -2.90. The first-order valence-corrected chi connectivity index (χ1v) is 9.17. The Morgan fingerprint density at radius 2 is 0.692 bits per heavy atom. The van der Waals surface area contributed by atoms with E-state index in [1.165, 1.54) is 22.3 Å². The molecule has 0 amide bonds. The van der Waals surface area contributed by atoms with E-state index < -0.39 is 0 Å². The van der Waals surface area contributed by atoms with Gasteiger partial charge in [0.1, 0.15) is 0 Å². The summed E-state index contributed by atoms with van der Waals surface area (Å²) in [6.45, 7) is 0. The van der Waals surface area contributed by atoms with Gasteiger partial charge in [-0.1, -0.05) is 115 Å². The third-order valence-corrected chi connectivity index (χ3v) is 5.18. The first kappa shape index (κ1) is 16.6. The Kier molecular flexibility index (Phi) is 4.55. The van der Waals surface area contributed by atoms with E-state index in [-0.39, 0.29) is 5.41 Å². The van der Waals surface area contributed by atoms with Crippen LogP contribution in [0.1, 0.15) is 22.3 Å². The molecule has 0 aliphatic rings. The van der Waals surface area contributed by atoms with Crippen molar-refractivity contribution in [3.05, 3.63) is 138 Å². The molecule has 0 aromatic heterocycles. The van der Waals surface area contributed by atoms with Crippen LogP contribution >= 0.6 is 0 Å². The second-order valence-corrected chi connectivity index (χ2v) is 6.84. The van der Waals surface area contributed by atoms with Crippen molar-refractivity contribution in [1.82, 2.24) is 0 Å². The molecule has 4 aromatic carbocycles. The first-order valence-electron chi connectivity index (χ1n) is 8.76. The number of hydrogen-bond donors (Lipinski definition) is 0. The molecule has 26 heavy (non-hydrogen) atoms. The molecule has 0 fully saturated rings. The van der Waals surface area contributed by atoms with Gasteiger partial charge in [-0.25, -0.2) is 0 Å². The predicted octanol–water partition coefficient (Wildman–Crippen LogP) is 5.98. The van der Waals surface area contributed by atoms with Crippen LogP contribution in [0.25, 0.3) is 0 Å². The third-order valence-electron chi connectivity index (χ3n) is 4.91. The Morgan fingerprint density at radius 3 is 1.04 bits per heavy atom. The van der Waals surface area contributed by atoms with Crippen molar-refractivity contribution in [1.29, 1.82) is 0 Å². The highest BCUT2D eigenvalue weighted by molar-refractivity contribution is 7.58. The van der Waals surface area contributed by atoms with Crippen LogP contribution in [0.5, 0.6) is 0 Å². The lowest BCUT2D eigenvalue weighted by molar-refractivity contribution is 0.744. The van der Waals surface area contributed by atoms with E-state index in [0.717, 1.165) is 4.90 Å². The summed E-state index contributed by atoms with van der Waals surface area (Å²) in [6, 6.07) is 40.5. The number of hydrogen-bond acceptors (Lipinski definition) is 1. The van der Waals surface area contributed by atoms with Crippen LogP contribution in [0, 0.1) is 0 Å². The van der Waals surface area contributed by atoms with Crippen LogP contribution in [0.2, 0.25) is 0 Å². The summed E-state index contributed by atoms with van der Waals surface area (Å²) in [5, 5.41) is 0. The maximum absolute atomic E-state index is 5.34. The Balaban J connectivity index is 2.12. The van der Waals surface area contributed by atoms with Gasteiger partial charge in [-0.15, -0.1) is 0 Å². The van der Waals surface area contributed by atoms with Gasteiger partial charge in [0.15, 0.2) is 0 Å². The Bertz CT molecular complexity index is 862. The molecular formula is C25H19S-. The molecule has 0 nitrogen and oxygen atoms in total. The van der Waals surface area contributed by atoms with E-state index in [1.807, 2.05) is 12.1 Å². The number of rotatable bonds is 4. The van der Waals surface area contributed by atoms with Gasteiger partial charge in [-0.3, -0.25) is 0 Å². The van der Waals surface area contributed by atoms with Crippen molar-refractivity contribution in [2.24, 2.45) is 0 Å². The summed E-state index contributed by atoms with van der Waals surface area (Å²) in [7, 11) is 0. The van der Waals surface area contributed by atoms with Crippen LogP contribution in [-0.2, 0) is 18.0 Å². The first-order chi connectivity index (χ1) is 12.8. The van der Waals surface area contributed by atoms with E-state index in [0.29, 0.717) is 0 Å². The van der Waals surface area contributed by atoms with Gasteiger partial charge >= 0.3 is 0 Å². The van der Waals surface area contributed by atoms with Crippen LogP contribution < -0.4 is 0 Å². The van der Waals surface area contributed by atoms with Gasteiger partial charge in [0.2, 0.25) is 0 Å². The lowest BCUT2D eigenvalue weighted by Gasteiger charge is -2.37. The Labute approximate surface area is 160 Å². The largest absolute Gasteiger partial charge is 0.780 e. The van der Waals surface area contributed by atoms with Gasteiger partial charge < -0.3 is 12.6 Å². The maximum Gasteiger partial charge on any atom is 0.0701 e. The van der Waals surface area contributed by atoms with Crippen molar-refractivity contribution in [2.45, 2.75) is 10.3 Å². The monoisotopic (exact) mass is 351 g/mol. The average molecular weight is 351 g/mol. The van der Waals surface area contributed by atoms with Crippen LogP contribution in [0.3, 0.4) is 0 Å². The maximum atomic E-state index is 5.34. The molecule has 126 valence electrons. The zero-order valence-electron chi connectivity index (χ0n) is 14.4. The quantitative estimate of drug-likeness (QED) is 0.322. The van der Waals surface area contributed by atoms with E-state index in [2.05, 4.69) is 103 Å². The van der Waals surface area contributed by atoms with E-state index >= 15 is 0 Å². The van der Waals surface area contributed by atoms with Crippen LogP contribution in [0.15, 0.2) is 120 Å². The van der Waals surface area contributed by atoms with Crippen LogP contribution in [-0.4, -0.2) is 0 Å². The molecule has 0 atom stereocenters. The summed E-state index contributed by atoms with van der Waals surface area (Å²) in [6.07, 6.45) is 0. The minimum absolute atomic E-state index is 0.382. The van der Waals surface area contributed by atoms with E-state index in [1.54, 1.807) is 0 Å². The third kappa shape index (κ3) is 2.81. The van der Waals surface area contributed by atoms with Crippen molar-refractivity contribution >= 4 is 12.6 Å². The summed E-state index contributed by atoms with van der Waals surface area (Å²) in [4.78, 5) is 0.858. The highest BCUT2D eigenvalue weighted by Crippen LogP contribution is 2.44. The molecule has 4 aromatic rings.